The van der Waals surface area contributed by atoms with Crippen LogP contribution in [0.25, 0.3) is 17.0 Å². The Labute approximate surface area is 195 Å². The number of para-hydroxylation sites is 1. The molecule has 12 heteroatoms. The summed E-state index contributed by atoms with van der Waals surface area (Å²) in [4.78, 5) is 19.9. The van der Waals surface area contributed by atoms with E-state index < -0.39 is 12.2 Å². The quantitative estimate of drug-likeness (QED) is 0.556. The summed E-state index contributed by atoms with van der Waals surface area (Å²) in [5.41, 5.74) is 6.80. The van der Waals surface area contributed by atoms with Gasteiger partial charge >= 0.3 is 0 Å². The van der Waals surface area contributed by atoms with Crippen LogP contribution in [0.3, 0.4) is 0 Å². The van der Waals surface area contributed by atoms with Crippen LogP contribution in [-0.4, -0.2) is 70.0 Å². The maximum atomic E-state index is 14.1. The van der Waals surface area contributed by atoms with Gasteiger partial charge in [0.25, 0.3) is 6.43 Å². The van der Waals surface area contributed by atoms with E-state index in [4.69, 9.17) is 15.2 Å². The van der Waals surface area contributed by atoms with Crippen LogP contribution < -0.4 is 20.7 Å². The van der Waals surface area contributed by atoms with Gasteiger partial charge in [0, 0.05) is 25.2 Å². The molecule has 1 saturated carbocycles. The predicted octanol–water partition coefficient (Wildman–Crippen LogP) is 2.68. The number of nitrogens with zero attached hydrogens (tertiary/aromatic N) is 6. The van der Waals surface area contributed by atoms with Gasteiger partial charge in [0.15, 0.2) is 5.82 Å². The summed E-state index contributed by atoms with van der Waals surface area (Å²) in [5.74, 6) is 0.786. The van der Waals surface area contributed by atoms with Crippen molar-refractivity contribution >= 4 is 22.9 Å². The molecule has 34 heavy (non-hydrogen) atoms. The molecule has 2 fully saturated rings. The number of methoxy groups -OCH3 is 1. The van der Waals surface area contributed by atoms with Crippen molar-refractivity contribution in [3.05, 3.63) is 24.0 Å². The summed E-state index contributed by atoms with van der Waals surface area (Å²) in [6, 6.07) is 5.47. The maximum absolute atomic E-state index is 14.1. The van der Waals surface area contributed by atoms with Crippen LogP contribution in [-0.2, 0) is 4.74 Å². The highest BCUT2D eigenvalue weighted by atomic mass is 19.3. The molecule has 1 aliphatic carbocycles. The van der Waals surface area contributed by atoms with E-state index in [1.807, 2.05) is 4.90 Å². The van der Waals surface area contributed by atoms with E-state index >= 15 is 0 Å². The zero-order valence-electron chi connectivity index (χ0n) is 19.0. The number of fused-ring (bicyclic) bond motifs is 1. The number of imidazole rings is 1. The molecule has 1 aliphatic heterocycles. The van der Waals surface area contributed by atoms with Crippen LogP contribution in [0.5, 0.6) is 5.75 Å². The van der Waals surface area contributed by atoms with Crippen LogP contribution in [0.1, 0.15) is 37.9 Å². The van der Waals surface area contributed by atoms with E-state index in [9.17, 15) is 8.78 Å². The molecule has 10 nitrogen and oxygen atoms in total. The number of morpholine rings is 1. The Morgan fingerprint density at radius 2 is 1.79 bits per heavy atom. The Hall–Kier alpha value is -3.12. The van der Waals surface area contributed by atoms with Crippen LogP contribution >= 0.6 is 0 Å². The molecule has 0 amide bonds. The van der Waals surface area contributed by atoms with Gasteiger partial charge in [0.1, 0.15) is 11.3 Å². The Morgan fingerprint density at radius 1 is 1.06 bits per heavy atom. The number of ether oxygens (including phenoxy) is 2. The lowest BCUT2D eigenvalue weighted by Gasteiger charge is -2.29. The summed E-state index contributed by atoms with van der Waals surface area (Å²) in [6.45, 7) is 2.28. The number of hydrogen-bond donors (Lipinski definition) is 2. The molecule has 1 aromatic carbocycles. The van der Waals surface area contributed by atoms with Crippen molar-refractivity contribution in [3.63, 3.8) is 0 Å². The van der Waals surface area contributed by atoms with E-state index in [1.54, 1.807) is 18.2 Å². The highest BCUT2D eigenvalue weighted by molar-refractivity contribution is 5.84. The summed E-state index contributed by atoms with van der Waals surface area (Å²) >= 11 is 0. The predicted molar refractivity (Wildman–Crippen MR) is 123 cm³/mol. The monoisotopic (exact) mass is 474 g/mol. The first-order chi connectivity index (χ1) is 16.5. The van der Waals surface area contributed by atoms with Crippen molar-refractivity contribution in [1.29, 1.82) is 0 Å². The SMILES string of the molecule is COc1cccc2c1nc(C(F)F)n2-c1nc(N[C@H]2CC[C@H](N)CC2)nc(N2CCOCC2)n1. The minimum Gasteiger partial charge on any atom is -0.494 e. The largest absolute Gasteiger partial charge is 0.494 e. The van der Waals surface area contributed by atoms with Crippen molar-refractivity contribution in [2.45, 2.75) is 44.2 Å². The van der Waals surface area contributed by atoms with E-state index in [2.05, 4.69) is 25.3 Å². The Bertz CT molecular complexity index is 1140. The molecule has 0 bridgehead atoms. The third kappa shape index (κ3) is 4.47. The minimum atomic E-state index is -2.84. The second-order valence-corrected chi connectivity index (χ2v) is 8.55. The van der Waals surface area contributed by atoms with Crippen LogP contribution in [0.4, 0.5) is 20.7 Å². The van der Waals surface area contributed by atoms with Gasteiger partial charge in [0.05, 0.1) is 25.8 Å². The van der Waals surface area contributed by atoms with Crippen LogP contribution in [0, 0.1) is 0 Å². The van der Waals surface area contributed by atoms with Gasteiger partial charge in [0.2, 0.25) is 17.8 Å². The lowest BCUT2D eigenvalue weighted by atomic mass is 9.92. The number of rotatable bonds is 6. The zero-order valence-corrected chi connectivity index (χ0v) is 19.0. The molecule has 0 spiro atoms. The number of nitrogens with two attached hydrogens (primary N) is 1. The number of hydrogen-bond acceptors (Lipinski definition) is 9. The number of alkyl halides is 2. The molecule has 2 aliphatic rings. The van der Waals surface area contributed by atoms with Gasteiger partial charge < -0.3 is 25.4 Å². The first-order valence-corrected chi connectivity index (χ1v) is 11.5. The molecule has 3 N–H and O–H groups in total. The Balaban J connectivity index is 1.61. The lowest BCUT2D eigenvalue weighted by molar-refractivity contribution is 0.122. The standard InChI is InChI=1S/C22H28F2N8O2/c1-33-16-4-2-3-15-17(16)27-19(18(23)24)32(15)22-29-20(26-14-7-5-13(25)6-8-14)28-21(30-22)31-9-11-34-12-10-31/h2-4,13-14,18H,5-12,25H2,1H3,(H,26,28,29,30)/t13-,14-. The van der Waals surface area contributed by atoms with Crippen molar-refractivity contribution in [3.8, 4) is 11.7 Å². The van der Waals surface area contributed by atoms with Gasteiger partial charge in [-0.25, -0.2) is 13.8 Å². The molecule has 1 saturated heterocycles. The van der Waals surface area contributed by atoms with Crippen molar-refractivity contribution in [2.75, 3.05) is 43.6 Å². The molecule has 3 heterocycles. The molecule has 5 rings (SSSR count). The Kier molecular flexibility index (Phi) is 6.42. The molecular formula is C22H28F2N8O2. The first kappa shape index (κ1) is 22.7. The third-order valence-corrected chi connectivity index (χ3v) is 6.30. The van der Waals surface area contributed by atoms with Crippen LogP contribution in [0.2, 0.25) is 0 Å². The number of aromatic nitrogens is 5. The number of benzene rings is 1. The van der Waals surface area contributed by atoms with Gasteiger partial charge in [-0.1, -0.05) is 6.07 Å². The van der Waals surface area contributed by atoms with E-state index in [0.29, 0.717) is 55.0 Å². The van der Waals surface area contributed by atoms with Gasteiger partial charge in [-0.15, -0.1) is 0 Å². The molecule has 2 aromatic heterocycles. The second-order valence-electron chi connectivity index (χ2n) is 8.55. The highest BCUT2D eigenvalue weighted by Crippen LogP contribution is 2.32. The molecule has 0 radical (unpaired) electrons. The van der Waals surface area contributed by atoms with Crippen molar-refractivity contribution < 1.29 is 18.3 Å². The van der Waals surface area contributed by atoms with Crippen molar-refractivity contribution in [1.82, 2.24) is 24.5 Å². The average Bonchev–Trinajstić information content (AvgIpc) is 3.26. The second kappa shape index (κ2) is 9.63. The van der Waals surface area contributed by atoms with Crippen molar-refractivity contribution in [2.24, 2.45) is 5.73 Å². The summed E-state index contributed by atoms with van der Waals surface area (Å²) in [7, 11) is 1.48. The highest BCUT2D eigenvalue weighted by Gasteiger charge is 2.26. The molecule has 3 aromatic rings. The first-order valence-electron chi connectivity index (χ1n) is 11.5. The van der Waals surface area contributed by atoms with E-state index in [1.165, 1.54) is 11.7 Å². The molecular weight excluding hydrogens is 446 g/mol. The van der Waals surface area contributed by atoms with Gasteiger partial charge in [-0.05, 0) is 37.8 Å². The fourth-order valence-corrected chi connectivity index (χ4v) is 4.48. The average molecular weight is 475 g/mol. The van der Waals surface area contributed by atoms with Gasteiger partial charge in [-0.2, -0.15) is 15.0 Å². The Morgan fingerprint density at radius 3 is 2.50 bits per heavy atom. The normalized spacial score (nSPS) is 21.3. The maximum Gasteiger partial charge on any atom is 0.296 e. The lowest BCUT2D eigenvalue weighted by Crippen LogP contribution is -2.38. The molecule has 0 atom stereocenters. The number of nitrogens with one attached hydrogen (secondary N) is 1. The summed E-state index contributed by atoms with van der Waals surface area (Å²) in [6.07, 6.45) is 0.767. The molecule has 182 valence electrons. The topological polar surface area (TPSA) is 116 Å². The fraction of sp³-hybridized carbons (Fsp3) is 0.545. The van der Waals surface area contributed by atoms with Crippen LogP contribution in [0.15, 0.2) is 18.2 Å². The third-order valence-electron chi connectivity index (χ3n) is 6.30. The smallest absolute Gasteiger partial charge is 0.296 e. The molecule has 0 unspecified atom stereocenters. The van der Waals surface area contributed by atoms with Gasteiger partial charge in [-0.3, -0.25) is 4.57 Å². The summed E-state index contributed by atoms with van der Waals surface area (Å²) < 4.78 is 40.3. The number of halogens is 2. The zero-order chi connectivity index (χ0) is 23.7. The summed E-state index contributed by atoms with van der Waals surface area (Å²) in [5, 5.41) is 3.38. The fourth-order valence-electron chi connectivity index (χ4n) is 4.48. The van der Waals surface area contributed by atoms with E-state index in [0.717, 1.165) is 25.7 Å². The minimum absolute atomic E-state index is 0.0811. The number of anilines is 2. The van der Waals surface area contributed by atoms with E-state index in [-0.39, 0.29) is 18.0 Å².